The predicted octanol–water partition coefficient (Wildman–Crippen LogP) is 4.19. The highest BCUT2D eigenvalue weighted by molar-refractivity contribution is 6.31. The number of aromatic hydroxyl groups is 1. The van der Waals surface area contributed by atoms with Crippen LogP contribution in [0.4, 0.5) is 8.78 Å². The van der Waals surface area contributed by atoms with Crippen molar-refractivity contribution in [2.75, 3.05) is 0 Å². The maximum Gasteiger partial charge on any atom is 0.387 e. The van der Waals surface area contributed by atoms with Crippen LogP contribution in [0.2, 0.25) is 5.02 Å². The second-order valence-corrected chi connectivity index (χ2v) is 5.72. The highest BCUT2D eigenvalue weighted by Gasteiger charge is 2.16. The number of aryl methyl sites for hydroxylation is 2. The number of phenolic OH excluding ortho intramolecular Hbond substituents is 1. The Morgan fingerprint density at radius 3 is 2.46 bits per heavy atom. The predicted molar refractivity (Wildman–Crippen MR) is 86.8 cm³/mol. The van der Waals surface area contributed by atoms with Crippen LogP contribution >= 0.6 is 11.6 Å². The van der Waals surface area contributed by atoms with E-state index in [0.717, 1.165) is 5.56 Å². The number of carbonyl (C=O) groups is 1. The van der Waals surface area contributed by atoms with Crippen LogP contribution in [-0.2, 0) is 6.54 Å². The number of amides is 1. The lowest BCUT2D eigenvalue weighted by molar-refractivity contribution is -0.0501. The maximum atomic E-state index is 12.4. The minimum Gasteiger partial charge on any atom is -0.507 e. The molecule has 0 atom stereocenters. The van der Waals surface area contributed by atoms with E-state index in [0.29, 0.717) is 11.1 Å². The average molecular weight is 356 g/mol. The Hall–Kier alpha value is -2.34. The number of halogens is 3. The van der Waals surface area contributed by atoms with Crippen LogP contribution in [0.5, 0.6) is 11.5 Å². The van der Waals surface area contributed by atoms with Gasteiger partial charge in [0, 0.05) is 11.6 Å². The van der Waals surface area contributed by atoms with Crippen LogP contribution in [0.25, 0.3) is 0 Å². The van der Waals surface area contributed by atoms with Gasteiger partial charge in [0.15, 0.2) is 0 Å². The molecule has 1 amide bonds. The molecule has 0 unspecified atom stereocenters. The lowest BCUT2D eigenvalue weighted by atomic mass is 10.1. The van der Waals surface area contributed by atoms with Crippen molar-refractivity contribution in [3.63, 3.8) is 0 Å². The van der Waals surface area contributed by atoms with Crippen LogP contribution in [0, 0.1) is 13.8 Å². The number of nitrogens with one attached hydrogen (secondary N) is 1. The van der Waals surface area contributed by atoms with Crippen molar-refractivity contribution in [1.82, 2.24) is 5.32 Å². The van der Waals surface area contributed by atoms with Gasteiger partial charge < -0.3 is 15.2 Å². The average Bonchev–Trinajstić information content (AvgIpc) is 2.51. The first kappa shape index (κ1) is 18.0. The summed E-state index contributed by atoms with van der Waals surface area (Å²) in [4.78, 5) is 12.3. The standard InChI is InChI=1S/C17H16ClF2NO3/c1-9-5-11(6-10(2)15(9)22)8-21-16(23)13-7-12(18)3-4-14(13)24-17(19)20/h3-7,17,22H,8H2,1-2H3,(H,21,23). The molecule has 0 spiro atoms. The quantitative estimate of drug-likeness (QED) is 0.845. The number of carbonyl (C=O) groups excluding carboxylic acids is 1. The van der Waals surface area contributed by atoms with Crippen molar-refractivity contribution in [2.24, 2.45) is 0 Å². The van der Waals surface area contributed by atoms with Crippen LogP contribution in [-0.4, -0.2) is 17.6 Å². The Balaban J connectivity index is 2.17. The summed E-state index contributed by atoms with van der Waals surface area (Å²) in [5.41, 5.74) is 2.07. The molecule has 0 aliphatic carbocycles. The number of benzene rings is 2. The van der Waals surface area contributed by atoms with Crippen LogP contribution in [0.1, 0.15) is 27.0 Å². The topological polar surface area (TPSA) is 58.6 Å². The molecular formula is C17H16ClF2NO3. The van der Waals surface area contributed by atoms with E-state index in [4.69, 9.17) is 11.6 Å². The fourth-order valence-corrected chi connectivity index (χ4v) is 2.48. The molecule has 2 aromatic carbocycles. The summed E-state index contributed by atoms with van der Waals surface area (Å²) in [5, 5.41) is 12.6. The van der Waals surface area contributed by atoms with E-state index in [9.17, 15) is 18.7 Å². The molecular weight excluding hydrogens is 340 g/mol. The summed E-state index contributed by atoms with van der Waals surface area (Å²) >= 11 is 5.82. The second-order valence-electron chi connectivity index (χ2n) is 5.28. The van der Waals surface area contributed by atoms with Crippen molar-refractivity contribution in [1.29, 1.82) is 0 Å². The number of alkyl halides is 2. The van der Waals surface area contributed by atoms with E-state index in [2.05, 4.69) is 10.1 Å². The van der Waals surface area contributed by atoms with Gasteiger partial charge in [0.25, 0.3) is 5.91 Å². The van der Waals surface area contributed by atoms with Crippen molar-refractivity contribution >= 4 is 17.5 Å². The molecule has 2 aromatic rings. The van der Waals surface area contributed by atoms with Gasteiger partial charge in [-0.05, 0) is 48.7 Å². The molecule has 2 rings (SSSR count). The summed E-state index contributed by atoms with van der Waals surface area (Å²) in [5.74, 6) is -0.631. The first-order valence-corrected chi connectivity index (χ1v) is 7.47. The monoisotopic (exact) mass is 355 g/mol. The van der Waals surface area contributed by atoms with E-state index in [1.54, 1.807) is 26.0 Å². The van der Waals surface area contributed by atoms with Crippen molar-refractivity contribution < 1.29 is 23.4 Å². The first-order valence-electron chi connectivity index (χ1n) is 7.09. The summed E-state index contributed by atoms with van der Waals surface area (Å²) in [6, 6.07) is 7.32. The zero-order valence-corrected chi connectivity index (χ0v) is 13.8. The molecule has 0 radical (unpaired) electrons. The lowest BCUT2D eigenvalue weighted by Gasteiger charge is -2.12. The van der Waals surface area contributed by atoms with Crippen LogP contribution in [0.3, 0.4) is 0 Å². The highest BCUT2D eigenvalue weighted by atomic mass is 35.5. The number of ether oxygens (including phenoxy) is 1. The number of rotatable bonds is 5. The Morgan fingerprint density at radius 1 is 1.25 bits per heavy atom. The maximum absolute atomic E-state index is 12.4. The van der Waals surface area contributed by atoms with Gasteiger partial charge in [-0.25, -0.2) is 0 Å². The molecule has 0 fully saturated rings. The van der Waals surface area contributed by atoms with Gasteiger partial charge in [-0.15, -0.1) is 0 Å². The molecule has 7 heteroatoms. The molecule has 0 bridgehead atoms. The van der Waals surface area contributed by atoms with Crippen molar-refractivity contribution in [2.45, 2.75) is 27.0 Å². The SMILES string of the molecule is Cc1cc(CNC(=O)c2cc(Cl)ccc2OC(F)F)cc(C)c1O. The normalized spacial score (nSPS) is 10.8. The lowest BCUT2D eigenvalue weighted by Crippen LogP contribution is -2.24. The first-order chi connectivity index (χ1) is 11.3. The molecule has 0 saturated carbocycles. The van der Waals surface area contributed by atoms with E-state index < -0.39 is 12.5 Å². The Bertz CT molecular complexity index is 742. The molecule has 4 nitrogen and oxygen atoms in total. The van der Waals surface area contributed by atoms with Gasteiger partial charge in [-0.2, -0.15) is 8.78 Å². The Kier molecular flexibility index (Phi) is 5.62. The Morgan fingerprint density at radius 2 is 1.88 bits per heavy atom. The third kappa shape index (κ3) is 4.35. The van der Waals surface area contributed by atoms with E-state index in [1.807, 2.05) is 0 Å². The molecule has 24 heavy (non-hydrogen) atoms. The summed E-state index contributed by atoms with van der Waals surface area (Å²) in [7, 11) is 0. The largest absolute Gasteiger partial charge is 0.507 e. The fourth-order valence-electron chi connectivity index (χ4n) is 2.30. The fraction of sp³-hybridized carbons (Fsp3) is 0.235. The van der Waals surface area contributed by atoms with E-state index >= 15 is 0 Å². The van der Waals surface area contributed by atoms with Crippen LogP contribution in [0.15, 0.2) is 30.3 Å². The molecule has 0 aliphatic rings. The molecule has 0 saturated heterocycles. The van der Waals surface area contributed by atoms with Gasteiger partial charge in [-0.3, -0.25) is 4.79 Å². The highest BCUT2D eigenvalue weighted by Crippen LogP contribution is 2.25. The Labute approximate surface area is 143 Å². The zero-order valence-electron chi connectivity index (χ0n) is 13.1. The minimum atomic E-state index is -3.04. The van der Waals surface area contributed by atoms with Gasteiger partial charge in [0.2, 0.25) is 0 Å². The number of phenols is 1. The molecule has 0 aromatic heterocycles. The molecule has 128 valence electrons. The van der Waals surface area contributed by atoms with Gasteiger partial charge >= 0.3 is 6.61 Å². The van der Waals surface area contributed by atoms with E-state index in [-0.39, 0.29) is 28.6 Å². The minimum absolute atomic E-state index is 0.0741. The van der Waals surface area contributed by atoms with Gasteiger partial charge in [0.1, 0.15) is 11.5 Å². The van der Waals surface area contributed by atoms with Crippen LogP contribution < -0.4 is 10.1 Å². The second kappa shape index (κ2) is 7.49. The molecule has 0 heterocycles. The van der Waals surface area contributed by atoms with E-state index in [1.165, 1.54) is 18.2 Å². The number of hydrogen-bond donors (Lipinski definition) is 2. The van der Waals surface area contributed by atoms with Gasteiger partial charge in [0.05, 0.1) is 5.56 Å². The summed E-state index contributed by atoms with van der Waals surface area (Å²) in [6.45, 7) is 0.625. The summed E-state index contributed by atoms with van der Waals surface area (Å²) < 4.78 is 29.2. The number of hydrogen-bond acceptors (Lipinski definition) is 3. The third-order valence-electron chi connectivity index (χ3n) is 3.41. The molecule has 2 N–H and O–H groups in total. The smallest absolute Gasteiger partial charge is 0.387 e. The summed E-state index contributed by atoms with van der Waals surface area (Å²) in [6.07, 6.45) is 0. The third-order valence-corrected chi connectivity index (χ3v) is 3.64. The molecule has 0 aliphatic heterocycles. The van der Waals surface area contributed by atoms with Crippen molar-refractivity contribution in [3.05, 3.63) is 57.6 Å². The van der Waals surface area contributed by atoms with Gasteiger partial charge in [-0.1, -0.05) is 23.7 Å². The van der Waals surface area contributed by atoms with Crippen molar-refractivity contribution in [3.8, 4) is 11.5 Å². The zero-order chi connectivity index (χ0) is 17.9.